The molecule has 2 aliphatic rings. The molecule has 7 nitrogen and oxygen atoms in total. The highest BCUT2D eigenvalue weighted by atomic mass is 32.2. The molecule has 3 rings (SSSR count). The van der Waals surface area contributed by atoms with Crippen LogP contribution in [-0.4, -0.2) is 68.0 Å². The third-order valence-corrected chi connectivity index (χ3v) is 6.64. The van der Waals surface area contributed by atoms with E-state index in [2.05, 4.69) is 4.98 Å². The molecule has 0 unspecified atom stereocenters. The van der Waals surface area contributed by atoms with Crippen molar-refractivity contribution in [2.45, 2.75) is 12.8 Å². The Kier molecular flexibility index (Phi) is 4.86. The summed E-state index contributed by atoms with van der Waals surface area (Å²) in [5, 5.41) is 11.6. The van der Waals surface area contributed by atoms with Crippen LogP contribution < -0.4 is 4.90 Å². The van der Waals surface area contributed by atoms with Gasteiger partial charge in [0.05, 0.1) is 17.7 Å². The van der Waals surface area contributed by atoms with E-state index < -0.39 is 10.0 Å². The summed E-state index contributed by atoms with van der Waals surface area (Å²) in [6, 6.07) is 0. The number of nitrogens with zero attached hydrogens (tertiary/aromatic N) is 3. The zero-order valence-corrected chi connectivity index (χ0v) is 14.0. The molecular formula is C13H21N3O4S2. The normalized spacial score (nSPS) is 20.5. The van der Waals surface area contributed by atoms with E-state index >= 15 is 0 Å². The summed E-state index contributed by atoms with van der Waals surface area (Å²) < 4.78 is 31.5. The molecule has 1 N–H and O–H groups in total. The average molecular weight is 347 g/mol. The fourth-order valence-corrected chi connectivity index (χ4v) is 4.43. The van der Waals surface area contributed by atoms with Crippen molar-refractivity contribution in [1.82, 2.24) is 9.29 Å². The maximum Gasteiger partial charge on any atom is 0.223 e. The number of hydrogen-bond donors (Lipinski definition) is 1. The number of thiazole rings is 1. The number of rotatable bonds is 7. The fraction of sp³-hybridized carbons (Fsp3) is 0.769. The van der Waals surface area contributed by atoms with Crippen LogP contribution >= 0.6 is 11.3 Å². The van der Waals surface area contributed by atoms with Crippen LogP contribution in [0.15, 0.2) is 5.38 Å². The van der Waals surface area contributed by atoms with Gasteiger partial charge in [0.15, 0.2) is 5.13 Å². The van der Waals surface area contributed by atoms with Gasteiger partial charge in [-0.3, -0.25) is 0 Å². The summed E-state index contributed by atoms with van der Waals surface area (Å²) >= 11 is 1.37. The highest BCUT2D eigenvalue weighted by Gasteiger charge is 2.28. The van der Waals surface area contributed by atoms with Crippen molar-refractivity contribution in [3.05, 3.63) is 5.38 Å². The zero-order chi connectivity index (χ0) is 15.6. The molecule has 1 saturated heterocycles. The summed E-state index contributed by atoms with van der Waals surface area (Å²) in [7, 11) is -3.25. The SMILES string of the molecule is O=S(=O)(CCOCC1CC1)N1CCN(c2nc(O)cs2)CC1. The van der Waals surface area contributed by atoms with Gasteiger partial charge < -0.3 is 14.7 Å². The standard InChI is InChI=1S/C13H21N3O4S2/c17-12-10-21-13(14-12)15-3-5-16(6-4-15)22(18,19)8-7-20-9-11-1-2-11/h10-11,17H,1-9H2. The number of piperazine rings is 1. The smallest absolute Gasteiger partial charge is 0.223 e. The van der Waals surface area contributed by atoms with Crippen molar-refractivity contribution >= 4 is 26.5 Å². The number of hydrogen-bond acceptors (Lipinski definition) is 7. The van der Waals surface area contributed by atoms with Gasteiger partial charge in [-0.25, -0.2) is 8.42 Å². The third-order valence-electron chi connectivity index (χ3n) is 3.92. The Labute approximate surface area is 134 Å². The van der Waals surface area contributed by atoms with Gasteiger partial charge in [0.25, 0.3) is 0 Å². The van der Waals surface area contributed by atoms with E-state index in [1.807, 2.05) is 4.90 Å². The Balaban J connectivity index is 1.44. The van der Waals surface area contributed by atoms with Gasteiger partial charge in [-0.2, -0.15) is 9.29 Å². The number of aromatic hydroxyl groups is 1. The maximum absolute atomic E-state index is 12.3. The summed E-state index contributed by atoms with van der Waals surface area (Å²) in [6.45, 7) is 3.05. The monoisotopic (exact) mass is 347 g/mol. The van der Waals surface area contributed by atoms with Crippen molar-refractivity contribution in [1.29, 1.82) is 0 Å². The largest absolute Gasteiger partial charge is 0.493 e. The Morgan fingerprint density at radius 3 is 2.64 bits per heavy atom. The van der Waals surface area contributed by atoms with Gasteiger partial charge in [-0.05, 0) is 18.8 Å². The first-order valence-electron chi connectivity index (χ1n) is 7.49. The molecule has 0 spiro atoms. The van der Waals surface area contributed by atoms with E-state index in [-0.39, 0.29) is 18.2 Å². The van der Waals surface area contributed by atoms with Crippen LogP contribution in [0.3, 0.4) is 0 Å². The molecule has 1 aliphatic heterocycles. The lowest BCUT2D eigenvalue weighted by atomic mass is 10.4. The molecule has 1 aromatic heterocycles. The first kappa shape index (κ1) is 16.0. The Morgan fingerprint density at radius 1 is 1.32 bits per heavy atom. The summed E-state index contributed by atoms with van der Waals surface area (Å²) in [5.74, 6) is 0.724. The van der Waals surface area contributed by atoms with Gasteiger partial charge in [0.1, 0.15) is 0 Å². The van der Waals surface area contributed by atoms with Crippen molar-refractivity contribution in [2.75, 3.05) is 50.0 Å². The maximum atomic E-state index is 12.3. The Bertz CT molecular complexity index is 592. The van der Waals surface area contributed by atoms with E-state index in [0.29, 0.717) is 38.7 Å². The van der Waals surface area contributed by atoms with E-state index in [1.54, 1.807) is 5.38 Å². The summed E-state index contributed by atoms with van der Waals surface area (Å²) in [5.41, 5.74) is 0. The van der Waals surface area contributed by atoms with Gasteiger partial charge >= 0.3 is 0 Å². The Hall–Kier alpha value is -0.900. The second-order valence-electron chi connectivity index (χ2n) is 5.71. The molecule has 0 radical (unpaired) electrons. The van der Waals surface area contributed by atoms with Crippen molar-refractivity contribution in [3.63, 3.8) is 0 Å². The lowest BCUT2D eigenvalue weighted by Crippen LogP contribution is -2.49. The molecule has 9 heteroatoms. The van der Waals surface area contributed by atoms with Crippen LogP contribution in [0.2, 0.25) is 0 Å². The second kappa shape index (κ2) is 6.69. The van der Waals surface area contributed by atoms with Gasteiger partial charge in [-0.15, -0.1) is 11.3 Å². The number of anilines is 1. The molecule has 2 fully saturated rings. The molecular weight excluding hydrogens is 326 g/mol. The number of sulfonamides is 1. The van der Waals surface area contributed by atoms with E-state index in [4.69, 9.17) is 4.74 Å². The molecule has 0 amide bonds. The fourth-order valence-electron chi connectivity index (χ4n) is 2.39. The van der Waals surface area contributed by atoms with Gasteiger partial charge in [0.2, 0.25) is 15.9 Å². The van der Waals surface area contributed by atoms with Crippen LogP contribution in [0, 0.1) is 5.92 Å². The van der Waals surface area contributed by atoms with Crippen molar-refractivity contribution < 1.29 is 18.3 Å². The molecule has 0 atom stereocenters. The molecule has 1 aliphatic carbocycles. The minimum absolute atomic E-state index is 0.0165. The molecule has 22 heavy (non-hydrogen) atoms. The van der Waals surface area contributed by atoms with Crippen molar-refractivity contribution in [3.8, 4) is 5.88 Å². The topological polar surface area (TPSA) is 83.0 Å². The number of aromatic nitrogens is 1. The van der Waals surface area contributed by atoms with E-state index in [1.165, 1.54) is 28.5 Å². The minimum atomic E-state index is -3.25. The summed E-state index contributed by atoms with van der Waals surface area (Å²) in [4.78, 5) is 6.02. The molecule has 0 aromatic carbocycles. The molecule has 1 aromatic rings. The Morgan fingerprint density at radius 2 is 2.05 bits per heavy atom. The molecule has 2 heterocycles. The lowest BCUT2D eigenvalue weighted by Gasteiger charge is -2.33. The quantitative estimate of drug-likeness (QED) is 0.732. The van der Waals surface area contributed by atoms with Gasteiger partial charge in [-0.1, -0.05) is 0 Å². The lowest BCUT2D eigenvalue weighted by molar-refractivity contribution is 0.137. The second-order valence-corrected chi connectivity index (χ2v) is 8.63. The van der Waals surface area contributed by atoms with Crippen LogP contribution in [-0.2, 0) is 14.8 Å². The first-order valence-corrected chi connectivity index (χ1v) is 9.98. The first-order chi connectivity index (χ1) is 10.5. The highest BCUT2D eigenvalue weighted by Crippen LogP contribution is 2.28. The average Bonchev–Trinajstić information content (AvgIpc) is 3.23. The highest BCUT2D eigenvalue weighted by molar-refractivity contribution is 7.89. The van der Waals surface area contributed by atoms with Crippen LogP contribution in [0.4, 0.5) is 5.13 Å². The summed E-state index contributed by atoms with van der Waals surface area (Å²) in [6.07, 6.45) is 2.42. The molecule has 1 saturated carbocycles. The van der Waals surface area contributed by atoms with E-state index in [9.17, 15) is 13.5 Å². The zero-order valence-electron chi connectivity index (χ0n) is 12.3. The third kappa shape index (κ3) is 4.09. The minimum Gasteiger partial charge on any atom is -0.493 e. The van der Waals surface area contributed by atoms with Crippen LogP contribution in [0.1, 0.15) is 12.8 Å². The van der Waals surface area contributed by atoms with Gasteiger partial charge in [0, 0.05) is 32.8 Å². The van der Waals surface area contributed by atoms with Crippen molar-refractivity contribution in [2.24, 2.45) is 5.92 Å². The van der Waals surface area contributed by atoms with Crippen LogP contribution in [0.25, 0.3) is 0 Å². The number of ether oxygens (including phenoxy) is 1. The van der Waals surface area contributed by atoms with E-state index in [0.717, 1.165) is 5.13 Å². The molecule has 0 bridgehead atoms. The predicted molar refractivity (Wildman–Crippen MR) is 84.9 cm³/mol. The predicted octanol–water partition coefficient (Wildman–Crippen LogP) is 0.727. The van der Waals surface area contributed by atoms with Crippen LogP contribution in [0.5, 0.6) is 5.88 Å². The molecule has 124 valence electrons.